The van der Waals surface area contributed by atoms with Crippen LogP contribution in [0.3, 0.4) is 0 Å². The molecule has 0 spiro atoms. The minimum atomic E-state index is 0.516. The molecular weight excluding hydrogens is 316 g/mol. The van der Waals surface area contributed by atoms with Gasteiger partial charge < -0.3 is 15.2 Å². The van der Waals surface area contributed by atoms with E-state index in [0.29, 0.717) is 6.04 Å². The molecule has 0 bridgehead atoms. The van der Waals surface area contributed by atoms with Crippen LogP contribution in [-0.2, 0) is 6.42 Å². The van der Waals surface area contributed by atoms with Crippen LogP contribution in [0.25, 0.3) is 11.3 Å². The van der Waals surface area contributed by atoms with Gasteiger partial charge >= 0.3 is 0 Å². The minimum Gasteiger partial charge on any atom is -0.342 e. The number of halogens is 1. The molecule has 2 aromatic rings. The Labute approximate surface area is 127 Å². The molecule has 0 aliphatic carbocycles. The number of likely N-dealkylation sites (N-methyl/N-ethyl adjacent to an activating group) is 1. The van der Waals surface area contributed by atoms with Crippen molar-refractivity contribution in [2.75, 3.05) is 26.7 Å². The van der Waals surface area contributed by atoms with Gasteiger partial charge in [-0.1, -0.05) is 34.1 Å². The fourth-order valence-electron chi connectivity index (χ4n) is 2.60. The van der Waals surface area contributed by atoms with Gasteiger partial charge in [-0.25, -0.2) is 4.98 Å². The molecule has 5 heteroatoms. The van der Waals surface area contributed by atoms with Crippen molar-refractivity contribution in [3.05, 3.63) is 40.8 Å². The highest BCUT2D eigenvalue weighted by Crippen LogP contribution is 2.26. The Balaban J connectivity index is 1.75. The molecule has 2 N–H and O–H groups in total. The largest absolute Gasteiger partial charge is 0.342 e. The summed E-state index contributed by atoms with van der Waals surface area (Å²) in [4.78, 5) is 10.4. The molecule has 2 heterocycles. The Kier molecular flexibility index (Phi) is 4.19. The van der Waals surface area contributed by atoms with Crippen molar-refractivity contribution in [3.63, 3.8) is 0 Å². The fraction of sp³-hybridized carbons (Fsp3) is 0.400. The highest BCUT2D eigenvalue weighted by atomic mass is 79.9. The normalized spacial score (nSPS) is 20.2. The van der Waals surface area contributed by atoms with Gasteiger partial charge in [0.05, 0.1) is 11.9 Å². The van der Waals surface area contributed by atoms with Crippen molar-refractivity contribution < 1.29 is 0 Å². The Morgan fingerprint density at radius 3 is 3.05 bits per heavy atom. The lowest BCUT2D eigenvalue weighted by Crippen LogP contribution is -2.50. The maximum Gasteiger partial charge on any atom is 0.108 e. The lowest BCUT2D eigenvalue weighted by atomic mass is 10.1. The summed E-state index contributed by atoms with van der Waals surface area (Å²) < 4.78 is 1.09. The van der Waals surface area contributed by atoms with Gasteiger partial charge in [-0.2, -0.15) is 0 Å². The van der Waals surface area contributed by atoms with E-state index in [1.54, 1.807) is 0 Å². The van der Waals surface area contributed by atoms with Crippen molar-refractivity contribution in [2.24, 2.45) is 0 Å². The van der Waals surface area contributed by atoms with Crippen molar-refractivity contribution in [1.82, 2.24) is 20.2 Å². The Bertz CT molecular complexity index is 581. The molecule has 1 atom stereocenters. The zero-order valence-electron chi connectivity index (χ0n) is 11.6. The van der Waals surface area contributed by atoms with Gasteiger partial charge in [0.1, 0.15) is 5.82 Å². The van der Waals surface area contributed by atoms with Crippen LogP contribution >= 0.6 is 15.9 Å². The molecule has 1 aromatic heterocycles. The summed E-state index contributed by atoms with van der Waals surface area (Å²) >= 11 is 3.58. The number of nitrogens with one attached hydrogen (secondary N) is 2. The number of hydrogen-bond donors (Lipinski definition) is 2. The van der Waals surface area contributed by atoms with Crippen molar-refractivity contribution in [2.45, 2.75) is 12.5 Å². The number of rotatable bonds is 3. The number of hydrogen-bond acceptors (Lipinski definition) is 3. The second kappa shape index (κ2) is 6.08. The predicted octanol–water partition coefficient (Wildman–Crippen LogP) is 2.29. The Hall–Kier alpha value is -1.17. The summed E-state index contributed by atoms with van der Waals surface area (Å²) in [6.45, 7) is 3.21. The van der Waals surface area contributed by atoms with Crippen molar-refractivity contribution in [1.29, 1.82) is 0 Å². The summed E-state index contributed by atoms with van der Waals surface area (Å²) in [7, 11) is 2.18. The van der Waals surface area contributed by atoms with E-state index >= 15 is 0 Å². The lowest BCUT2D eigenvalue weighted by molar-refractivity contribution is 0.197. The van der Waals surface area contributed by atoms with Crippen LogP contribution in [0.15, 0.2) is 34.9 Å². The molecule has 1 saturated heterocycles. The highest BCUT2D eigenvalue weighted by Gasteiger charge is 2.20. The minimum absolute atomic E-state index is 0.516. The first kappa shape index (κ1) is 13.8. The molecule has 3 rings (SSSR count). The molecule has 0 amide bonds. The predicted molar refractivity (Wildman–Crippen MR) is 84.7 cm³/mol. The average Bonchev–Trinajstić information content (AvgIpc) is 2.90. The van der Waals surface area contributed by atoms with Gasteiger partial charge in [0, 0.05) is 42.1 Å². The Morgan fingerprint density at radius 1 is 1.40 bits per heavy atom. The number of imidazole rings is 1. The number of piperazine rings is 1. The van der Waals surface area contributed by atoms with E-state index < -0.39 is 0 Å². The number of nitrogens with zero attached hydrogens (tertiary/aromatic N) is 2. The summed E-state index contributed by atoms with van der Waals surface area (Å²) in [5.41, 5.74) is 2.22. The molecular formula is C15H19BrN4. The molecule has 20 heavy (non-hydrogen) atoms. The molecule has 4 nitrogen and oxygen atoms in total. The summed E-state index contributed by atoms with van der Waals surface area (Å²) in [6.07, 6.45) is 2.87. The SMILES string of the molecule is CN1CCNCC1Cc1ncc(-c2ccccc2Br)[nH]1. The van der Waals surface area contributed by atoms with E-state index in [-0.39, 0.29) is 0 Å². The van der Waals surface area contributed by atoms with Crippen LogP contribution < -0.4 is 5.32 Å². The monoisotopic (exact) mass is 334 g/mol. The van der Waals surface area contributed by atoms with E-state index in [1.807, 2.05) is 18.3 Å². The second-order valence-corrected chi connectivity index (χ2v) is 6.12. The topological polar surface area (TPSA) is 44.0 Å². The first-order chi connectivity index (χ1) is 9.74. The molecule has 1 aliphatic heterocycles. The third kappa shape index (κ3) is 2.95. The van der Waals surface area contributed by atoms with Crippen molar-refractivity contribution >= 4 is 15.9 Å². The number of aromatic amines is 1. The maximum absolute atomic E-state index is 4.53. The van der Waals surface area contributed by atoms with Crippen LogP contribution in [0, 0.1) is 0 Å². The van der Waals surface area contributed by atoms with Gasteiger partial charge in [0.2, 0.25) is 0 Å². The van der Waals surface area contributed by atoms with E-state index in [9.17, 15) is 0 Å². The molecule has 0 saturated carbocycles. The first-order valence-electron chi connectivity index (χ1n) is 6.94. The van der Waals surface area contributed by atoms with Crippen LogP contribution in [0.1, 0.15) is 5.82 Å². The smallest absolute Gasteiger partial charge is 0.108 e. The molecule has 1 fully saturated rings. The van der Waals surface area contributed by atoms with Crippen LogP contribution in [0.4, 0.5) is 0 Å². The molecule has 1 aromatic carbocycles. The second-order valence-electron chi connectivity index (χ2n) is 5.27. The van der Waals surface area contributed by atoms with Gasteiger partial charge in [-0.3, -0.25) is 0 Å². The number of H-pyrrole nitrogens is 1. The van der Waals surface area contributed by atoms with E-state index in [1.165, 1.54) is 0 Å². The lowest BCUT2D eigenvalue weighted by Gasteiger charge is -2.32. The standard InChI is InChI=1S/C15H19BrN4/c1-20-7-6-17-9-11(20)8-15-18-10-14(19-15)12-4-2-3-5-13(12)16/h2-5,10-11,17H,6-9H2,1H3,(H,18,19). The number of aromatic nitrogens is 2. The number of benzene rings is 1. The quantitative estimate of drug-likeness (QED) is 0.905. The van der Waals surface area contributed by atoms with Gasteiger partial charge in [0.25, 0.3) is 0 Å². The van der Waals surface area contributed by atoms with Crippen LogP contribution in [0.5, 0.6) is 0 Å². The summed E-state index contributed by atoms with van der Waals surface area (Å²) in [5.74, 6) is 1.05. The zero-order valence-corrected chi connectivity index (χ0v) is 13.2. The van der Waals surface area contributed by atoms with E-state index in [4.69, 9.17) is 0 Å². The third-order valence-electron chi connectivity index (χ3n) is 3.87. The molecule has 1 unspecified atom stereocenters. The highest BCUT2D eigenvalue weighted by molar-refractivity contribution is 9.10. The van der Waals surface area contributed by atoms with Crippen LogP contribution in [-0.4, -0.2) is 47.6 Å². The van der Waals surface area contributed by atoms with E-state index in [2.05, 4.69) is 55.3 Å². The Morgan fingerprint density at radius 2 is 2.25 bits per heavy atom. The van der Waals surface area contributed by atoms with E-state index in [0.717, 1.165) is 47.6 Å². The van der Waals surface area contributed by atoms with Gasteiger partial charge in [-0.05, 0) is 13.1 Å². The first-order valence-corrected chi connectivity index (χ1v) is 7.73. The average molecular weight is 335 g/mol. The maximum atomic E-state index is 4.53. The third-order valence-corrected chi connectivity index (χ3v) is 4.56. The fourth-order valence-corrected chi connectivity index (χ4v) is 3.09. The molecule has 0 radical (unpaired) electrons. The van der Waals surface area contributed by atoms with Crippen molar-refractivity contribution in [3.8, 4) is 11.3 Å². The van der Waals surface area contributed by atoms with Crippen LogP contribution in [0.2, 0.25) is 0 Å². The zero-order chi connectivity index (χ0) is 13.9. The van der Waals surface area contributed by atoms with Gasteiger partial charge in [0.15, 0.2) is 0 Å². The summed E-state index contributed by atoms with van der Waals surface area (Å²) in [5, 5.41) is 3.44. The molecule has 1 aliphatic rings. The molecule has 106 valence electrons. The van der Waals surface area contributed by atoms with Gasteiger partial charge in [-0.15, -0.1) is 0 Å². The summed E-state index contributed by atoms with van der Waals surface area (Å²) in [6, 6.07) is 8.72.